The summed E-state index contributed by atoms with van der Waals surface area (Å²) in [7, 11) is 3.06. The van der Waals surface area contributed by atoms with Gasteiger partial charge in [-0.05, 0) is 48.8 Å². The van der Waals surface area contributed by atoms with E-state index in [0.717, 1.165) is 23.9 Å². The lowest BCUT2D eigenvalue weighted by molar-refractivity contribution is -0.0598. The third-order valence-corrected chi connectivity index (χ3v) is 4.86. The Morgan fingerprint density at radius 2 is 2.22 bits per heavy atom. The van der Waals surface area contributed by atoms with Gasteiger partial charge in [0.15, 0.2) is 0 Å². The monoisotopic (exact) mass is 318 g/mol. The lowest BCUT2D eigenvalue weighted by Crippen LogP contribution is -2.30. The summed E-state index contributed by atoms with van der Waals surface area (Å²) in [6, 6.07) is 7.85. The molecule has 1 aliphatic carbocycles. The molecule has 1 aliphatic rings. The number of aryl methyl sites for hydroxylation is 1. The zero-order chi connectivity index (χ0) is 16.7. The fourth-order valence-electron chi connectivity index (χ4n) is 3.51. The molecule has 128 valence electrons. The lowest BCUT2D eigenvalue weighted by atomic mass is 9.80. The van der Waals surface area contributed by atoms with Crippen LogP contribution in [0.5, 0.6) is 0 Å². The summed E-state index contributed by atoms with van der Waals surface area (Å²) in [4.78, 5) is 16.7. The Labute approximate surface area is 140 Å². The van der Waals surface area contributed by atoms with Crippen LogP contribution in [0, 0.1) is 11.8 Å². The summed E-state index contributed by atoms with van der Waals surface area (Å²) < 4.78 is 0. The van der Waals surface area contributed by atoms with Gasteiger partial charge in [0.05, 0.1) is 7.11 Å². The normalized spacial score (nSPS) is 21.0. The minimum Gasteiger partial charge on any atom is -0.306 e. The number of nitrogens with one attached hydrogen (secondary N) is 1. The SMILES string of the molecule is CON(C)C(=O)Nc1cccc(CCCC2CCCC(C)C2)c1. The molecule has 0 radical (unpaired) electrons. The molecule has 2 unspecified atom stereocenters. The maximum absolute atomic E-state index is 11.8. The molecule has 1 aromatic rings. The quantitative estimate of drug-likeness (QED) is 0.761. The van der Waals surface area contributed by atoms with E-state index in [1.165, 1.54) is 56.3 Å². The van der Waals surface area contributed by atoms with E-state index in [0.29, 0.717) is 0 Å². The molecule has 1 aromatic carbocycles. The summed E-state index contributed by atoms with van der Waals surface area (Å²) in [6.45, 7) is 2.38. The lowest BCUT2D eigenvalue weighted by Gasteiger charge is -2.26. The second-order valence-electron chi connectivity index (χ2n) is 6.84. The number of urea groups is 1. The van der Waals surface area contributed by atoms with E-state index in [4.69, 9.17) is 4.84 Å². The number of benzene rings is 1. The molecule has 0 heterocycles. The van der Waals surface area contributed by atoms with Gasteiger partial charge >= 0.3 is 6.03 Å². The Kier molecular flexibility index (Phi) is 6.90. The van der Waals surface area contributed by atoms with Crippen LogP contribution in [0.3, 0.4) is 0 Å². The first-order valence-corrected chi connectivity index (χ1v) is 8.76. The molecule has 0 aromatic heterocycles. The van der Waals surface area contributed by atoms with Crippen molar-refractivity contribution in [2.24, 2.45) is 11.8 Å². The van der Waals surface area contributed by atoms with Crippen molar-refractivity contribution < 1.29 is 9.63 Å². The summed E-state index contributed by atoms with van der Waals surface area (Å²) >= 11 is 0. The standard InChI is InChI=1S/C19H30N2O2/c1-15-7-4-8-16(13-15)9-5-10-17-11-6-12-18(14-17)20-19(22)21(2)23-3/h6,11-12,14-16H,4-5,7-10,13H2,1-3H3,(H,20,22). The van der Waals surface area contributed by atoms with E-state index < -0.39 is 0 Å². The van der Waals surface area contributed by atoms with Gasteiger partial charge in [0.1, 0.15) is 0 Å². The summed E-state index contributed by atoms with van der Waals surface area (Å²) in [5.41, 5.74) is 2.11. The topological polar surface area (TPSA) is 41.6 Å². The first-order valence-electron chi connectivity index (χ1n) is 8.76. The number of hydrogen-bond acceptors (Lipinski definition) is 2. The molecule has 1 fully saturated rings. The molecule has 23 heavy (non-hydrogen) atoms. The number of hydroxylamine groups is 2. The van der Waals surface area contributed by atoms with E-state index in [2.05, 4.69) is 24.4 Å². The van der Waals surface area contributed by atoms with Crippen molar-refractivity contribution in [2.75, 3.05) is 19.5 Å². The number of nitrogens with zero attached hydrogens (tertiary/aromatic N) is 1. The van der Waals surface area contributed by atoms with Gasteiger partial charge < -0.3 is 5.32 Å². The summed E-state index contributed by atoms with van der Waals surface area (Å²) in [5.74, 6) is 1.82. The van der Waals surface area contributed by atoms with Gasteiger partial charge in [-0.3, -0.25) is 4.84 Å². The first kappa shape index (κ1) is 17.8. The predicted octanol–water partition coefficient (Wildman–Crippen LogP) is 4.86. The Bertz CT molecular complexity index is 504. The van der Waals surface area contributed by atoms with Crippen LogP contribution >= 0.6 is 0 Å². The summed E-state index contributed by atoms with van der Waals surface area (Å²) in [6.07, 6.45) is 9.26. The highest BCUT2D eigenvalue weighted by atomic mass is 16.7. The van der Waals surface area contributed by atoms with Crippen LogP contribution in [0.25, 0.3) is 0 Å². The molecule has 0 bridgehead atoms. The van der Waals surface area contributed by atoms with Crippen molar-refractivity contribution >= 4 is 11.7 Å². The molecular formula is C19H30N2O2. The van der Waals surface area contributed by atoms with Crippen LogP contribution in [0.4, 0.5) is 10.5 Å². The molecule has 2 amide bonds. The van der Waals surface area contributed by atoms with Gasteiger partial charge in [0.2, 0.25) is 0 Å². The van der Waals surface area contributed by atoms with Crippen LogP contribution in [-0.4, -0.2) is 25.3 Å². The second-order valence-corrected chi connectivity index (χ2v) is 6.84. The van der Waals surface area contributed by atoms with E-state index in [9.17, 15) is 4.79 Å². The largest absolute Gasteiger partial charge is 0.345 e. The van der Waals surface area contributed by atoms with Crippen LogP contribution in [0.15, 0.2) is 24.3 Å². The fourth-order valence-corrected chi connectivity index (χ4v) is 3.51. The predicted molar refractivity (Wildman–Crippen MR) is 94.3 cm³/mol. The van der Waals surface area contributed by atoms with Crippen molar-refractivity contribution in [3.63, 3.8) is 0 Å². The highest BCUT2D eigenvalue weighted by Gasteiger charge is 2.18. The number of hydrogen-bond donors (Lipinski definition) is 1. The fraction of sp³-hybridized carbons (Fsp3) is 0.632. The number of carbonyl (C=O) groups is 1. The summed E-state index contributed by atoms with van der Waals surface area (Å²) in [5, 5.41) is 4.02. The van der Waals surface area contributed by atoms with Gasteiger partial charge in [-0.25, -0.2) is 9.86 Å². The minimum absolute atomic E-state index is 0.263. The molecule has 1 saturated carbocycles. The molecule has 4 heteroatoms. The van der Waals surface area contributed by atoms with Crippen molar-refractivity contribution in [1.82, 2.24) is 5.06 Å². The highest BCUT2D eigenvalue weighted by Crippen LogP contribution is 2.31. The first-order chi connectivity index (χ1) is 11.1. The van der Waals surface area contributed by atoms with E-state index in [1.807, 2.05) is 12.1 Å². The molecule has 2 atom stereocenters. The average Bonchev–Trinajstić information content (AvgIpc) is 2.54. The maximum Gasteiger partial charge on any atom is 0.345 e. The number of carbonyl (C=O) groups excluding carboxylic acids is 1. The van der Waals surface area contributed by atoms with Gasteiger partial charge in [-0.2, -0.15) is 0 Å². The van der Waals surface area contributed by atoms with Crippen LogP contribution in [-0.2, 0) is 11.3 Å². The Morgan fingerprint density at radius 1 is 1.39 bits per heavy atom. The van der Waals surface area contributed by atoms with Crippen LogP contribution in [0.2, 0.25) is 0 Å². The van der Waals surface area contributed by atoms with Gasteiger partial charge in [-0.1, -0.05) is 44.7 Å². The zero-order valence-corrected chi connectivity index (χ0v) is 14.7. The number of anilines is 1. The Morgan fingerprint density at radius 3 is 2.96 bits per heavy atom. The van der Waals surface area contributed by atoms with E-state index >= 15 is 0 Å². The van der Waals surface area contributed by atoms with Crippen LogP contribution < -0.4 is 5.32 Å². The molecule has 2 rings (SSSR count). The number of amides is 2. The van der Waals surface area contributed by atoms with Crippen molar-refractivity contribution in [3.8, 4) is 0 Å². The molecule has 0 aliphatic heterocycles. The van der Waals surface area contributed by atoms with Crippen molar-refractivity contribution in [3.05, 3.63) is 29.8 Å². The number of rotatable bonds is 6. The minimum atomic E-state index is -0.263. The van der Waals surface area contributed by atoms with E-state index in [1.54, 1.807) is 7.05 Å². The third-order valence-electron chi connectivity index (χ3n) is 4.86. The smallest absolute Gasteiger partial charge is 0.306 e. The molecular weight excluding hydrogens is 288 g/mol. The molecule has 1 N–H and O–H groups in total. The molecule has 4 nitrogen and oxygen atoms in total. The second kappa shape index (κ2) is 8.92. The van der Waals surface area contributed by atoms with Crippen molar-refractivity contribution in [2.45, 2.75) is 51.9 Å². The molecule has 0 saturated heterocycles. The molecule has 0 spiro atoms. The van der Waals surface area contributed by atoms with Crippen LogP contribution in [0.1, 0.15) is 51.0 Å². The van der Waals surface area contributed by atoms with Gasteiger partial charge in [0.25, 0.3) is 0 Å². The Balaban J connectivity index is 1.79. The van der Waals surface area contributed by atoms with Gasteiger partial charge in [-0.15, -0.1) is 0 Å². The van der Waals surface area contributed by atoms with E-state index in [-0.39, 0.29) is 6.03 Å². The zero-order valence-electron chi connectivity index (χ0n) is 14.7. The average molecular weight is 318 g/mol. The Hall–Kier alpha value is -1.55. The highest BCUT2D eigenvalue weighted by molar-refractivity contribution is 5.88. The third kappa shape index (κ3) is 5.87. The van der Waals surface area contributed by atoms with Crippen molar-refractivity contribution in [1.29, 1.82) is 0 Å². The van der Waals surface area contributed by atoms with Gasteiger partial charge in [0, 0.05) is 12.7 Å². The maximum atomic E-state index is 11.8.